The standard InChI is InChI=1S/C16H23N3/c1-3-12-8-9-13(17-2)16(10-12)19-11-18-14-6-4-5-7-15(14)19/h4-7,11-13,16-17H,3,8-10H2,1-2H3. The molecule has 2 aromatic rings. The Morgan fingerprint density at radius 3 is 2.95 bits per heavy atom. The Morgan fingerprint density at radius 1 is 1.32 bits per heavy atom. The van der Waals surface area contributed by atoms with Crippen LogP contribution in [0.4, 0.5) is 0 Å². The summed E-state index contributed by atoms with van der Waals surface area (Å²) >= 11 is 0. The van der Waals surface area contributed by atoms with E-state index in [0.29, 0.717) is 12.1 Å². The van der Waals surface area contributed by atoms with Gasteiger partial charge in [0.2, 0.25) is 0 Å². The number of imidazole rings is 1. The highest BCUT2D eigenvalue weighted by Crippen LogP contribution is 2.35. The van der Waals surface area contributed by atoms with Crippen LogP contribution in [0.2, 0.25) is 0 Å². The van der Waals surface area contributed by atoms with Crippen molar-refractivity contribution in [1.29, 1.82) is 0 Å². The zero-order valence-corrected chi connectivity index (χ0v) is 11.8. The first-order valence-corrected chi connectivity index (χ1v) is 7.42. The van der Waals surface area contributed by atoms with Gasteiger partial charge in [-0.15, -0.1) is 0 Å². The van der Waals surface area contributed by atoms with Crippen molar-refractivity contribution in [2.45, 2.75) is 44.7 Å². The molecule has 0 saturated heterocycles. The second-order valence-electron chi connectivity index (χ2n) is 5.69. The van der Waals surface area contributed by atoms with Crippen molar-refractivity contribution in [3.8, 4) is 0 Å². The van der Waals surface area contributed by atoms with E-state index < -0.39 is 0 Å². The van der Waals surface area contributed by atoms with E-state index in [1.807, 2.05) is 6.33 Å². The molecule has 1 heterocycles. The molecule has 3 nitrogen and oxygen atoms in total. The van der Waals surface area contributed by atoms with Crippen LogP contribution < -0.4 is 5.32 Å². The van der Waals surface area contributed by atoms with E-state index in [-0.39, 0.29) is 0 Å². The van der Waals surface area contributed by atoms with E-state index >= 15 is 0 Å². The quantitative estimate of drug-likeness (QED) is 0.913. The van der Waals surface area contributed by atoms with E-state index in [0.717, 1.165) is 11.4 Å². The highest BCUT2D eigenvalue weighted by Gasteiger charge is 2.30. The van der Waals surface area contributed by atoms with Gasteiger partial charge in [-0.1, -0.05) is 25.5 Å². The van der Waals surface area contributed by atoms with Crippen LogP contribution in [-0.4, -0.2) is 22.6 Å². The fourth-order valence-electron chi connectivity index (χ4n) is 3.49. The van der Waals surface area contributed by atoms with E-state index in [2.05, 4.69) is 53.1 Å². The first kappa shape index (κ1) is 12.7. The second-order valence-corrected chi connectivity index (χ2v) is 5.69. The molecule has 3 heteroatoms. The van der Waals surface area contributed by atoms with Crippen LogP contribution in [0.15, 0.2) is 30.6 Å². The molecule has 0 radical (unpaired) electrons. The number of nitrogens with zero attached hydrogens (tertiary/aromatic N) is 2. The molecule has 19 heavy (non-hydrogen) atoms. The minimum atomic E-state index is 0.538. The number of fused-ring (bicyclic) bond motifs is 1. The summed E-state index contributed by atoms with van der Waals surface area (Å²) in [5, 5.41) is 3.50. The lowest BCUT2D eigenvalue weighted by Crippen LogP contribution is -2.39. The van der Waals surface area contributed by atoms with Crippen molar-refractivity contribution in [3.63, 3.8) is 0 Å². The molecule has 3 atom stereocenters. The number of benzene rings is 1. The molecule has 1 saturated carbocycles. The highest BCUT2D eigenvalue weighted by molar-refractivity contribution is 5.75. The Bertz CT molecular complexity index is 546. The van der Waals surface area contributed by atoms with Crippen LogP contribution in [0.25, 0.3) is 11.0 Å². The predicted octanol–water partition coefficient (Wildman–Crippen LogP) is 3.38. The summed E-state index contributed by atoms with van der Waals surface area (Å²) in [7, 11) is 2.09. The number of likely N-dealkylation sites (N-methyl/N-ethyl adjacent to an activating group) is 1. The number of rotatable bonds is 3. The Kier molecular flexibility index (Phi) is 3.56. The molecular weight excluding hydrogens is 234 g/mol. The number of aromatic nitrogens is 2. The lowest BCUT2D eigenvalue weighted by Gasteiger charge is -2.36. The van der Waals surface area contributed by atoms with Gasteiger partial charge in [-0.2, -0.15) is 0 Å². The van der Waals surface area contributed by atoms with Gasteiger partial charge in [-0.05, 0) is 44.4 Å². The van der Waals surface area contributed by atoms with Crippen molar-refractivity contribution in [1.82, 2.24) is 14.9 Å². The Morgan fingerprint density at radius 2 is 2.16 bits per heavy atom. The summed E-state index contributed by atoms with van der Waals surface area (Å²) < 4.78 is 2.39. The van der Waals surface area contributed by atoms with E-state index in [9.17, 15) is 0 Å². The largest absolute Gasteiger partial charge is 0.326 e. The van der Waals surface area contributed by atoms with Gasteiger partial charge in [0.25, 0.3) is 0 Å². The molecule has 1 aliphatic rings. The summed E-state index contributed by atoms with van der Waals surface area (Å²) in [6.07, 6.45) is 7.21. The minimum absolute atomic E-state index is 0.538. The maximum atomic E-state index is 4.55. The van der Waals surface area contributed by atoms with Gasteiger partial charge in [0.15, 0.2) is 0 Å². The summed E-state index contributed by atoms with van der Waals surface area (Å²) in [5.41, 5.74) is 2.38. The molecule has 1 aromatic heterocycles. The van der Waals surface area contributed by atoms with E-state index in [1.54, 1.807) is 0 Å². The SMILES string of the molecule is CCC1CCC(NC)C(n2cnc3ccccc32)C1. The van der Waals surface area contributed by atoms with Crippen molar-refractivity contribution in [3.05, 3.63) is 30.6 Å². The van der Waals surface area contributed by atoms with Crippen LogP contribution in [0.5, 0.6) is 0 Å². The van der Waals surface area contributed by atoms with Gasteiger partial charge >= 0.3 is 0 Å². The lowest BCUT2D eigenvalue weighted by molar-refractivity contribution is 0.212. The fourth-order valence-corrected chi connectivity index (χ4v) is 3.49. The molecule has 0 spiro atoms. The van der Waals surface area contributed by atoms with Gasteiger partial charge in [0, 0.05) is 6.04 Å². The zero-order valence-electron chi connectivity index (χ0n) is 11.8. The predicted molar refractivity (Wildman–Crippen MR) is 79.2 cm³/mol. The first-order chi connectivity index (χ1) is 9.33. The molecule has 1 aromatic carbocycles. The van der Waals surface area contributed by atoms with Crippen molar-refractivity contribution in [2.24, 2.45) is 5.92 Å². The highest BCUT2D eigenvalue weighted by atomic mass is 15.1. The smallest absolute Gasteiger partial charge is 0.0961 e. The number of para-hydroxylation sites is 2. The molecule has 3 unspecified atom stereocenters. The molecule has 1 aliphatic carbocycles. The Hall–Kier alpha value is -1.35. The van der Waals surface area contributed by atoms with Gasteiger partial charge < -0.3 is 9.88 Å². The van der Waals surface area contributed by atoms with E-state index in [1.165, 1.54) is 31.2 Å². The van der Waals surface area contributed by atoms with Crippen LogP contribution in [0.3, 0.4) is 0 Å². The third-order valence-electron chi connectivity index (χ3n) is 4.71. The molecule has 0 bridgehead atoms. The Balaban J connectivity index is 1.97. The Labute approximate surface area is 115 Å². The maximum Gasteiger partial charge on any atom is 0.0961 e. The fraction of sp³-hybridized carbons (Fsp3) is 0.562. The number of hydrogen-bond donors (Lipinski definition) is 1. The van der Waals surface area contributed by atoms with Crippen molar-refractivity contribution < 1.29 is 0 Å². The summed E-state index contributed by atoms with van der Waals surface area (Å²) in [6, 6.07) is 9.56. The molecular formula is C16H23N3. The third kappa shape index (κ3) is 2.27. The average molecular weight is 257 g/mol. The van der Waals surface area contributed by atoms with Crippen molar-refractivity contribution >= 4 is 11.0 Å². The van der Waals surface area contributed by atoms with Crippen LogP contribution in [0.1, 0.15) is 38.6 Å². The van der Waals surface area contributed by atoms with Gasteiger partial charge in [-0.25, -0.2) is 4.98 Å². The zero-order chi connectivity index (χ0) is 13.2. The summed E-state index contributed by atoms with van der Waals surface area (Å²) in [5.74, 6) is 0.857. The van der Waals surface area contributed by atoms with E-state index in [4.69, 9.17) is 0 Å². The number of nitrogens with one attached hydrogen (secondary N) is 1. The second kappa shape index (κ2) is 5.33. The van der Waals surface area contributed by atoms with Gasteiger partial charge in [0.1, 0.15) is 0 Å². The third-order valence-corrected chi connectivity index (χ3v) is 4.71. The molecule has 1 fully saturated rings. The topological polar surface area (TPSA) is 29.9 Å². The first-order valence-electron chi connectivity index (χ1n) is 7.42. The molecule has 102 valence electrons. The molecule has 0 amide bonds. The maximum absolute atomic E-state index is 4.55. The minimum Gasteiger partial charge on any atom is -0.326 e. The molecule has 1 N–H and O–H groups in total. The van der Waals surface area contributed by atoms with Gasteiger partial charge in [0.05, 0.1) is 23.4 Å². The van der Waals surface area contributed by atoms with Crippen LogP contribution in [-0.2, 0) is 0 Å². The molecule has 0 aliphatic heterocycles. The summed E-state index contributed by atoms with van der Waals surface area (Å²) in [4.78, 5) is 4.55. The molecule has 3 rings (SSSR count). The van der Waals surface area contributed by atoms with Crippen LogP contribution in [0, 0.1) is 5.92 Å². The average Bonchev–Trinajstić information content (AvgIpc) is 2.90. The van der Waals surface area contributed by atoms with Crippen molar-refractivity contribution in [2.75, 3.05) is 7.05 Å². The summed E-state index contributed by atoms with van der Waals surface area (Å²) in [6.45, 7) is 2.31. The monoisotopic (exact) mass is 257 g/mol. The van der Waals surface area contributed by atoms with Gasteiger partial charge in [-0.3, -0.25) is 0 Å². The van der Waals surface area contributed by atoms with Crippen LogP contribution >= 0.6 is 0 Å². The number of hydrogen-bond acceptors (Lipinski definition) is 2. The normalized spacial score (nSPS) is 27.8. The lowest BCUT2D eigenvalue weighted by atomic mass is 9.81.